The number of anilines is 1. The van der Waals surface area contributed by atoms with Crippen LogP contribution < -0.4 is 11.0 Å². The highest BCUT2D eigenvalue weighted by molar-refractivity contribution is 5.99. The van der Waals surface area contributed by atoms with E-state index in [-0.39, 0.29) is 17.5 Å². The zero-order chi connectivity index (χ0) is 20.1. The van der Waals surface area contributed by atoms with Crippen LogP contribution in [0.4, 0.5) is 5.69 Å². The maximum Gasteiger partial charge on any atom is 0.358 e. The topological polar surface area (TPSA) is 125 Å². The molecular formula is C19H23N5O4. The van der Waals surface area contributed by atoms with Gasteiger partial charge in [-0.25, -0.2) is 10.6 Å². The summed E-state index contributed by atoms with van der Waals surface area (Å²) in [4.78, 5) is 25.9. The van der Waals surface area contributed by atoms with Gasteiger partial charge in [0.05, 0.1) is 11.3 Å². The Kier molecular flexibility index (Phi) is 6.05. The summed E-state index contributed by atoms with van der Waals surface area (Å²) in [6.45, 7) is 2.97. The molecule has 0 spiro atoms. The monoisotopic (exact) mass is 385 g/mol. The molecule has 3 rings (SSSR count). The molecule has 2 heterocycles. The molecule has 1 amide bonds. The van der Waals surface area contributed by atoms with E-state index in [1.807, 2.05) is 6.92 Å². The molecule has 1 aliphatic rings. The number of hydrogen-bond acceptors (Lipinski definition) is 7. The number of nitrogens with zero attached hydrogens (tertiary/aromatic N) is 4. The first-order valence-electron chi connectivity index (χ1n) is 9.16. The average molecular weight is 385 g/mol. The number of piperidine rings is 1. The summed E-state index contributed by atoms with van der Waals surface area (Å²) < 4.78 is 5.19. The molecule has 3 N–H and O–H groups in total. The van der Waals surface area contributed by atoms with Gasteiger partial charge in [0.2, 0.25) is 0 Å². The first-order chi connectivity index (χ1) is 13.5. The summed E-state index contributed by atoms with van der Waals surface area (Å²) in [5.74, 6) is 5.08. The van der Waals surface area contributed by atoms with Gasteiger partial charge in [0.25, 0.3) is 5.91 Å². The van der Waals surface area contributed by atoms with Crippen LogP contribution in [-0.4, -0.2) is 46.3 Å². The molecule has 1 saturated heterocycles. The van der Waals surface area contributed by atoms with Gasteiger partial charge in [0.15, 0.2) is 5.69 Å². The zero-order valence-electron chi connectivity index (χ0n) is 15.6. The molecule has 28 heavy (non-hydrogen) atoms. The van der Waals surface area contributed by atoms with Crippen molar-refractivity contribution in [2.75, 3.05) is 18.2 Å². The third-order valence-electron chi connectivity index (χ3n) is 4.63. The number of hydrogen-bond donors (Lipinski definition) is 2. The second-order valence-corrected chi connectivity index (χ2v) is 6.58. The number of aromatic nitrogens is 1. The Morgan fingerprint density at radius 3 is 2.96 bits per heavy atom. The molecule has 1 fully saturated rings. The number of aromatic carboxylic acids is 1. The minimum atomic E-state index is -1.14. The number of carbonyl (C=O) groups excluding carboxylic acids is 1. The fraction of sp³-hybridized carbons (Fsp3) is 0.368. The second kappa shape index (κ2) is 8.66. The lowest BCUT2D eigenvalue weighted by Crippen LogP contribution is -2.40. The fourth-order valence-corrected chi connectivity index (χ4v) is 3.23. The van der Waals surface area contributed by atoms with Gasteiger partial charge in [-0.3, -0.25) is 4.79 Å². The predicted molar refractivity (Wildman–Crippen MR) is 103 cm³/mol. The van der Waals surface area contributed by atoms with Crippen LogP contribution in [0.15, 0.2) is 40.0 Å². The van der Waals surface area contributed by atoms with Crippen LogP contribution in [0, 0.1) is 0 Å². The highest BCUT2D eigenvalue weighted by atomic mass is 16.5. The van der Waals surface area contributed by atoms with Crippen LogP contribution in [-0.2, 0) is 0 Å². The van der Waals surface area contributed by atoms with Crippen LogP contribution in [0.5, 0.6) is 0 Å². The number of carboxylic acids is 1. The number of carbonyl (C=O) groups is 2. The van der Waals surface area contributed by atoms with Crippen LogP contribution in [0.3, 0.4) is 0 Å². The van der Waals surface area contributed by atoms with Gasteiger partial charge in [-0.15, -0.1) is 0 Å². The molecule has 9 nitrogen and oxygen atoms in total. The van der Waals surface area contributed by atoms with Crippen LogP contribution in [0.25, 0.3) is 0 Å². The summed E-state index contributed by atoms with van der Waals surface area (Å²) in [7, 11) is 0. The van der Waals surface area contributed by atoms with Gasteiger partial charge < -0.3 is 14.5 Å². The van der Waals surface area contributed by atoms with Gasteiger partial charge >= 0.3 is 5.97 Å². The van der Waals surface area contributed by atoms with Gasteiger partial charge in [-0.2, -0.15) is 10.2 Å². The number of nitrogens with two attached hydrogens (primary N) is 1. The first-order valence-corrected chi connectivity index (χ1v) is 9.16. The number of amides is 1. The van der Waals surface area contributed by atoms with Crippen LogP contribution >= 0.6 is 0 Å². The molecule has 1 aliphatic heterocycles. The molecule has 0 bridgehead atoms. The van der Waals surface area contributed by atoms with Crippen molar-refractivity contribution < 1.29 is 19.2 Å². The van der Waals surface area contributed by atoms with E-state index in [0.717, 1.165) is 19.3 Å². The molecule has 1 aromatic carbocycles. The molecule has 9 heteroatoms. The normalized spacial score (nSPS) is 17.1. The minimum absolute atomic E-state index is 0.0995. The molecular weight excluding hydrogens is 362 g/mol. The Bertz CT molecular complexity index is 879. The molecule has 1 atom stereocenters. The molecule has 1 aromatic heterocycles. The first kappa shape index (κ1) is 19.6. The fourth-order valence-electron chi connectivity index (χ4n) is 3.23. The van der Waals surface area contributed by atoms with E-state index in [0.29, 0.717) is 30.1 Å². The van der Waals surface area contributed by atoms with Crippen molar-refractivity contribution in [2.24, 2.45) is 10.9 Å². The number of benzene rings is 1. The summed E-state index contributed by atoms with van der Waals surface area (Å²) in [6, 6.07) is 8.48. The summed E-state index contributed by atoms with van der Waals surface area (Å²) in [6.07, 6.45) is 3.97. The van der Waals surface area contributed by atoms with Crippen molar-refractivity contribution in [1.29, 1.82) is 0 Å². The molecule has 0 unspecified atom stereocenters. The van der Waals surface area contributed by atoms with E-state index in [1.165, 1.54) is 11.2 Å². The molecule has 2 aromatic rings. The van der Waals surface area contributed by atoms with Crippen molar-refractivity contribution in [2.45, 2.75) is 32.1 Å². The van der Waals surface area contributed by atoms with Crippen LogP contribution in [0.1, 0.15) is 58.7 Å². The maximum atomic E-state index is 13.1. The lowest BCUT2D eigenvalue weighted by atomic mass is 9.94. The number of hydrazine groups is 1. The van der Waals surface area contributed by atoms with Crippen molar-refractivity contribution in [3.63, 3.8) is 0 Å². The Labute approximate surface area is 162 Å². The van der Waals surface area contributed by atoms with Crippen molar-refractivity contribution in [3.8, 4) is 0 Å². The maximum absolute atomic E-state index is 13.1. The van der Waals surface area contributed by atoms with Crippen LogP contribution in [0.2, 0.25) is 0 Å². The number of likely N-dealkylation sites (tertiary alicyclic amines) is 1. The van der Waals surface area contributed by atoms with Gasteiger partial charge in [-0.05, 0) is 31.4 Å². The van der Waals surface area contributed by atoms with E-state index in [4.69, 9.17) is 15.5 Å². The quantitative estimate of drug-likeness (QED) is 0.444. The Morgan fingerprint density at radius 2 is 2.25 bits per heavy atom. The summed E-state index contributed by atoms with van der Waals surface area (Å²) in [5, 5.41) is 17.9. The molecule has 148 valence electrons. The Balaban J connectivity index is 1.79. The SMILES string of the molecule is CC/C=N\N(N)c1ccccc1C(=O)N1CCC[C@@H](c2cc(C(=O)O)no2)C1. The van der Waals surface area contributed by atoms with E-state index < -0.39 is 5.97 Å². The second-order valence-electron chi connectivity index (χ2n) is 6.58. The zero-order valence-corrected chi connectivity index (χ0v) is 15.6. The minimum Gasteiger partial charge on any atom is -0.476 e. The largest absolute Gasteiger partial charge is 0.476 e. The van der Waals surface area contributed by atoms with Gasteiger partial charge in [0, 0.05) is 31.3 Å². The lowest BCUT2D eigenvalue weighted by molar-refractivity contribution is 0.0684. The summed E-state index contributed by atoms with van der Waals surface area (Å²) in [5.41, 5.74) is 0.853. The van der Waals surface area contributed by atoms with E-state index >= 15 is 0 Å². The van der Waals surface area contributed by atoms with E-state index in [1.54, 1.807) is 35.4 Å². The summed E-state index contributed by atoms with van der Waals surface area (Å²) >= 11 is 0. The Morgan fingerprint density at radius 1 is 1.46 bits per heavy atom. The van der Waals surface area contributed by atoms with E-state index in [9.17, 15) is 9.59 Å². The number of hydrazone groups is 1. The molecule has 0 aliphatic carbocycles. The van der Waals surface area contributed by atoms with Crippen molar-refractivity contribution in [1.82, 2.24) is 10.1 Å². The van der Waals surface area contributed by atoms with Gasteiger partial charge in [-0.1, -0.05) is 24.2 Å². The Hall–Kier alpha value is -3.20. The molecule has 0 saturated carbocycles. The predicted octanol–water partition coefficient (Wildman–Crippen LogP) is 2.47. The highest BCUT2D eigenvalue weighted by Crippen LogP contribution is 2.29. The standard InChI is InChI=1S/C19H23N5O4/c1-2-9-21-24(20)16-8-4-3-7-14(16)18(25)23-10-5-6-13(12-23)17-11-15(19(26)27)22-28-17/h3-4,7-9,11,13H,2,5-6,10,12,20H2,1H3,(H,26,27)/b21-9-/t13-/m1/s1. The molecule has 0 radical (unpaired) electrons. The number of carboxylic acid groups (broad SMARTS) is 1. The lowest BCUT2D eigenvalue weighted by Gasteiger charge is -2.32. The van der Waals surface area contributed by atoms with E-state index in [2.05, 4.69) is 10.3 Å². The third-order valence-corrected chi connectivity index (χ3v) is 4.63. The third kappa shape index (κ3) is 4.20. The smallest absolute Gasteiger partial charge is 0.358 e. The highest BCUT2D eigenvalue weighted by Gasteiger charge is 2.30. The number of para-hydroxylation sites is 1. The van der Waals surface area contributed by atoms with Crippen molar-refractivity contribution in [3.05, 3.63) is 47.3 Å². The van der Waals surface area contributed by atoms with Crippen molar-refractivity contribution >= 4 is 23.8 Å². The van der Waals surface area contributed by atoms with Gasteiger partial charge in [0.1, 0.15) is 5.76 Å². The average Bonchev–Trinajstić information content (AvgIpc) is 3.22. The number of rotatable bonds is 6.